The molecule has 1 heterocycles. The number of ether oxygens (including phenoxy) is 1. The molecule has 0 spiro atoms. The topological polar surface area (TPSA) is 102 Å². The third-order valence-corrected chi connectivity index (χ3v) is 4.69. The van der Waals surface area contributed by atoms with Crippen molar-refractivity contribution in [3.63, 3.8) is 0 Å². The molecule has 1 atom stereocenters. The SMILES string of the molecule is CC(C)C1Oc2cc([N+](=O)[O-])ccc2N(CC(=O)NCCc2ccccc2)C1=O. The van der Waals surface area contributed by atoms with Crippen LogP contribution < -0.4 is 15.0 Å². The first-order valence-corrected chi connectivity index (χ1v) is 9.44. The fourth-order valence-corrected chi connectivity index (χ4v) is 3.17. The van der Waals surface area contributed by atoms with Crippen LogP contribution in [0.25, 0.3) is 0 Å². The van der Waals surface area contributed by atoms with Crippen molar-refractivity contribution in [1.29, 1.82) is 0 Å². The number of hydrogen-bond acceptors (Lipinski definition) is 5. The Balaban J connectivity index is 1.73. The summed E-state index contributed by atoms with van der Waals surface area (Å²) in [5.41, 5.74) is 1.33. The van der Waals surface area contributed by atoms with Crippen LogP contribution in [-0.2, 0) is 16.0 Å². The van der Waals surface area contributed by atoms with Gasteiger partial charge in [-0.15, -0.1) is 0 Å². The molecular formula is C21H23N3O5. The summed E-state index contributed by atoms with van der Waals surface area (Å²) in [6.07, 6.45) is -0.122. The molecule has 0 bridgehead atoms. The van der Waals surface area contributed by atoms with Crippen molar-refractivity contribution >= 4 is 23.2 Å². The Kier molecular flexibility index (Phi) is 6.11. The minimum absolute atomic E-state index is 0.132. The van der Waals surface area contributed by atoms with Crippen molar-refractivity contribution < 1.29 is 19.2 Å². The molecule has 0 saturated heterocycles. The Morgan fingerprint density at radius 1 is 1.24 bits per heavy atom. The highest BCUT2D eigenvalue weighted by Gasteiger charge is 2.37. The monoisotopic (exact) mass is 397 g/mol. The molecule has 152 valence electrons. The lowest BCUT2D eigenvalue weighted by Gasteiger charge is -2.35. The van der Waals surface area contributed by atoms with Gasteiger partial charge in [-0.2, -0.15) is 0 Å². The summed E-state index contributed by atoms with van der Waals surface area (Å²) in [5, 5.41) is 13.9. The van der Waals surface area contributed by atoms with Gasteiger partial charge in [-0.1, -0.05) is 44.2 Å². The zero-order valence-electron chi connectivity index (χ0n) is 16.3. The fraction of sp³-hybridized carbons (Fsp3) is 0.333. The summed E-state index contributed by atoms with van der Waals surface area (Å²) in [6, 6.07) is 13.8. The Labute approximate surface area is 168 Å². The molecule has 8 heteroatoms. The number of nitrogens with zero attached hydrogens (tertiary/aromatic N) is 2. The maximum absolute atomic E-state index is 12.9. The fourth-order valence-electron chi connectivity index (χ4n) is 3.17. The van der Waals surface area contributed by atoms with E-state index in [-0.39, 0.29) is 35.7 Å². The second kappa shape index (κ2) is 8.72. The highest BCUT2D eigenvalue weighted by Crippen LogP contribution is 2.38. The van der Waals surface area contributed by atoms with Crippen molar-refractivity contribution in [2.24, 2.45) is 5.92 Å². The van der Waals surface area contributed by atoms with Crippen molar-refractivity contribution in [2.45, 2.75) is 26.4 Å². The molecule has 0 saturated carbocycles. The van der Waals surface area contributed by atoms with E-state index in [2.05, 4.69) is 5.32 Å². The number of nitro benzene ring substituents is 1. The van der Waals surface area contributed by atoms with E-state index in [0.717, 1.165) is 5.56 Å². The van der Waals surface area contributed by atoms with Crippen molar-refractivity contribution in [3.05, 3.63) is 64.2 Å². The van der Waals surface area contributed by atoms with Gasteiger partial charge >= 0.3 is 0 Å². The number of benzene rings is 2. The molecule has 0 fully saturated rings. The summed E-state index contributed by atoms with van der Waals surface area (Å²) in [5.74, 6) is -0.560. The molecule has 1 aliphatic heterocycles. The van der Waals surface area contributed by atoms with Crippen LogP contribution in [0.1, 0.15) is 19.4 Å². The van der Waals surface area contributed by atoms with E-state index in [1.165, 1.54) is 23.1 Å². The van der Waals surface area contributed by atoms with Gasteiger partial charge in [0, 0.05) is 12.6 Å². The van der Waals surface area contributed by atoms with E-state index < -0.39 is 11.0 Å². The molecule has 1 N–H and O–H groups in total. The van der Waals surface area contributed by atoms with E-state index >= 15 is 0 Å². The Hall–Kier alpha value is -3.42. The molecule has 2 aromatic rings. The van der Waals surface area contributed by atoms with E-state index in [9.17, 15) is 19.7 Å². The van der Waals surface area contributed by atoms with E-state index in [1.54, 1.807) is 0 Å². The molecule has 1 aliphatic rings. The van der Waals surface area contributed by atoms with E-state index in [0.29, 0.717) is 18.7 Å². The van der Waals surface area contributed by atoms with Crippen LogP contribution in [0, 0.1) is 16.0 Å². The second-order valence-corrected chi connectivity index (χ2v) is 7.20. The number of fused-ring (bicyclic) bond motifs is 1. The third-order valence-electron chi connectivity index (χ3n) is 4.69. The minimum atomic E-state index is -0.804. The molecule has 8 nitrogen and oxygen atoms in total. The van der Waals surface area contributed by atoms with Crippen LogP contribution in [0.3, 0.4) is 0 Å². The van der Waals surface area contributed by atoms with Crippen LogP contribution in [0.5, 0.6) is 5.75 Å². The van der Waals surface area contributed by atoms with Gasteiger partial charge in [-0.25, -0.2) is 0 Å². The molecule has 1 unspecified atom stereocenters. The number of hydrogen-bond donors (Lipinski definition) is 1. The lowest BCUT2D eigenvalue weighted by atomic mass is 10.0. The normalized spacial score (nSPS) is 15.6. The number of nitrogens with one attached hydrogen (secondary N) is 1. The Bertz CT molecular complexity index is 914. The average Bonchev–Trinajstić information content (AvgIpc) is 2.70. The molecule has 29 heavy (non-hydrogen) atoms. The number of nitro groups is 1. The van der Waals surface area contributed by atoms with Gasteiger partial charge in [-0.05, 0) is 24.0 Å². The summed E-state index contributed by atoms with van der Waals surface area (Å²) in [6.45, 7) is 3.92. The van der Waals surface area contributed by atoms with Crippen LogP contribution in [0.15, 0.2) is 48.5 Å². The van der Waals surface area contributed by atoms with Gasteiger partial charge in [0.15, 0.2) is 11.9 Å². The van der Waals surface area contributed by atoms with Crippen molar-refractivity contribution in [1.82, 2.24) is 5.32 Å². The van der Waals surface area contributed by atoms with Crippen LogP contribution >= 0.6 is 0 Å². The number of carbonyl (C=O) groups excluding carboxylic acids is 2. The first-order chi connectivity index (χ1) is 13.9. The number of non-ortho nitro benzene ring substituents is 1. The summed E-state index contributed by atoms with van der Waals surface area (Å²) >= 11 is 0. The van der Waals surface area contributed by atoms with Gasteiger partial charge in [0.05, 0.1) is 16.7 Å². The third kappa shape index (κ3) is 4.71. The highest BCUT2D eigenvalue weighted by atomic mass is 16.6. The van der Waals surface area contributed by atoms with Gasteiger partial charge in [0.2, 0.25) is 5.91 Å². The zero-order valence-corrected chi connectivity index (χ0v) is 16.3. The van der Waals surface area contributed by atoms with Gasteiger partial charge in [0.25, 0.3) is 11.6 Å². The summed E-state index contributed by atoms with van der Waals surface area (Å²) in [7, 11) is 0. The second-order valence-electron chi connectivity index (χ2n) is 7.20. The first-order valence-electron chi connectivity index (χ1n) is 9.44. The quantitative estimate of drug-likeness (QED) is 0.572. The predicted molar refractivity (Wildman–Crippen MR) is 108 cm³/mol. The highest BCUT2D eigenvalue weighted by molar-refractivity contribution is 6.04. The lowest BCUT2D eigenvalue weighted by Crippen LogP contribution is -2.51. The lowest BCUT2D eigenvalue weighted by molar-refractivity contribution is -0.384. The summed E-state index contributed by atoms with van der Waals surface area (Å²) in [4.78, 5) is 37.2. The molecule has 2 amide bonds. The number of carbonyl (C=O) groups is 2. The molecule has 2 aromatic carbocycles. The van der Waals surface area contributed by atoms with Gasteiger partial charge in [0.1, 0.15) is 6.54 Å². The van der Waals surface area contributed by atoms with Crippen LogP contribution in [0.2, 0.25) is 0 Å². The van der Waals surface area contributed by atoms with Crippen LogP contribution in [-0.4, -0.2) is 35.9 Å². The van der Waals surface area contributed by atoms with Gasteiger partial charge in [-0.3, -0.25) is 24.6 Å². The zero-order chi connectivity index (χ0) is 21.0. The maximum atomic E-state index is 12.9. The van der Waals surface area contributed by atoms with Crippen molar-refractivity contribution in [2.75, 3.05) is 18.0 Å². The molecular weight excluding hydrogens is 374 g/mol. The van der Waals surface area contributed by atoms with E-state index in [4.69, 9.17) is 4.74 Å². The Morgan fingerprint density at radius 2 is 1.97 bits per heavy atom. The molecule has 0 aliphatic carbocycles. The smallest absolute Gasteiger partial charge is 0.273 e. The largest absolute Gasteiger partial charge is 0.478 e. The molecule has 3 rings (SSSR count). The van der Waals surface area contributed by atoms with Crippen molar-refractivity contribution in [3.8, 4) is 5.75 Å². The predicted octanol–water partition coefficient (Wildman–Crippen LogP) is 2.70. The average molecular weight is 397 g/mol. The summed E-state index contributed by atoms with van der Waals surface area (Å²) < 4.78 is 5.72. The van der Waals surface area contributed by atoms with E-state index in [1.807, 2.05) is 44.2 Å². The maximum Gasteiger partial charge on any atom is 0.273 e. The number of amides is 2. The van der Waals surface area contributed by atoms with Crippen LogP contribution in [0.4, 0.5) is 11.4 Å². The minimum Gasteiger partial charge on any atom is -0.478 e. The van der Waals surface area contributed by atoms with Gasteiger partial charge < -0.3 is 10.1 Å². The molecule has 0 aromatic heterocycles. The number of rotatable bonds is 7. The standard InChI is InChI=1S/C21H23N3O5/c1-14(2)20-21(26)23(17-9-8-16(24(27)28)12-18(17)29-20)13-19(25)22-11-10-15-6-4-3-5-7-15/h3-9,12,14,20H,10-11,13H2,1-2H3,(H,22,25). The number of anilines is 1. The Morgan fingerprint density at radius 3 is 2.62 bits per heavy atom. The molecule has 0 radical (unpaired) electrons. The first kappa shape index (κ1) is 20.3.